The Morgan fingerprint density at radius 2 is 1.64 bits per heavy atom. The second kappa shape index (κ2) is 8.71. The van der Waals surface area contributed by atoms with Gasteiger partial charge in [0.25, 0.3) is 10.0 Å². The van der Waals surface area contributed by atoms with Gasteiger partial charge in [-0.15, -0.1) is 0 Å². The molecule has 0 aliphatic heterocycles. The Morgan fingerprint density at radius 3 is 2.36 bits per heavy atom. The van der Waals surface area contributed by atoms with Crippen molar-refractivity contribution in [3.63, 3.8) is 0 Å². The Balaban J connectivity index is 2.01. The summed E-state index contributed by atoms with van der Waals surface area (Å²) in [6, 6.07) is 17.1. The molecule has 3 aromatic carbocycles. The number of rotatable bonds is 6. The molecule has 0 radical (unpaired) electrons. The number of aromatic nitrogens is 2. The van der Waals surface area contributed by atoms with Gasteiger partial charge in [0, 0.05) is 12.0 Å². The molecule has 1 aromatic heterocycles. The van der Waals surface area contributed by atoms with Gasteiger partial charge in [-0.2, -0.15) is 0 Å². The van der Waals surface area contributed by atoms with Crippen LogP contribution in [0.4, 0.5) is 0 Å². The molecule has 4 rings (SSSR count). The molecule has 0 fully saturated rings. The zero-order valence-corrected chi connectivity index (χ0v) is 19.6. The van der Waals surface area contributed by atoms with E-state index >= 15 is 0 Å². The molecule has 170 valence electrons. The van der Waals surface area contributed by atoms with Gasteiger partial charge >= 0.3 is 5.97 Å². The molecule has 0 saturated carbocycles. The molecule has 0 spiro atoms. The Kier molecular flexibility index (Phi) is 5.95. The highest BCUT2D eigenvalue weighted by Gasteiger charge is 2.29. The Labute approximate surface area is 192 Å². The van der Waals surface area contributed by atoms with Gasteiger partial charge in [-0.3, -0.25) is 0 Å². The summed E-state index contributed by atoms with van der Waals surface area (Å²) in [6.45, 7) is 3.87. The maximum atomic E-state index is 14.0. The average Bonchev–Trinajstić information content (AvgIpc) is 3.16. The second-order valence-corrected chi connectivity index (χ2v) is 9.45. The SMILES string of the molecule is COC(=O)c1ccccc1S(=O)(=O)n1c(Cc2ccccc2OC)nc2cc(C)c(C)cc21. The van der Waals surface area contributed by atoms with Crippen molar-refractivity contribution in [1.29, 1.82) is 0 Å². The van der Waals surface area contributed by atoms with E-state index in [9.17, 15) is 13.2 Å². The van der Waals surface area contributed by atoms with E-state index in [4.69, 9.17) is 9.47 Å². The van der Waals surface area contributed by atoms with Gasteiger partial charge in [0.2, 0.25) is 0 Å². The molecule has 0 N–H and O–H groups in total. The quantitative estimate of drug-likeness (QED) is 0.396. The third-order valence-electron chi connectivity index (χ3n) is 5.65. The molecular weight excluding hydrogens is 440 g/mol. The summed E-state index contributed by atoms with van der Waals surface area (Å²) in [6.07, 6.45) is 0.219. The van der Waals surface area contributed by atoms with E-state index in [1.807, 2.05) is 50.2 Å². The summed E-state index contributed by atoms with van der Waals surface area (Å²) in [5.41, 5.74) is 3.70. The minimum atomic E-state index is -4.20. The first-order valence-corrected chi connectivity index (χ1v) is 11.7. The summed E-state index contributed by atoms with van der Waals surface area (Å²) >= 11 is 0. The third kappa shape index (κ3) is 3.98. The van der Waals surface area contributed by atoms with Gasteiger partial charge in [0.1, 0.15) is 16.5 Å². The number of aryl methyl sites for hydroxylation is 2. The van der Waals surface area contributed by atoms with Crippen LogP contribution in [0.1, 0.15) is 32.9 Å². The Hall–Kier alpha value is -3.65. The second-order valence-electron chi connectivity index (χ2n) is 7.70. The van der Waals surface area contributed by atoms with Crippen LogP contribution in [0.25, 0.3) is 11.0 Å². The van der Waals surface area contributed by atoms with Gasteiger partial charge in [-0.25, -0.2) is 22.2 Å². The van der Waals surface area contributed by atoms with Crippen molar-refractivity contribution in [2.75, 3.05) is 14.2 Å². The average molecular weight is 465 g/mol. The summed E-state index contributed by atoms with van der Waals surface area (Å²) in [4.78, 5) is 16.9. The van der Waals surface area contributed by atoms with Crippen LogP contribution in [0.5, 0.6) is 5.75 Å². The van der Waals surface area contributed by atoms with Gasteiger partial charge in [0.15, 0.2) is 0 Å². The molecular formula is C25H24N2O5S. The molecule has 0 atom stereocenters. The van der Waals surface area contributed by atoms with Crippen LogP contribution in [-0.2, 0) is 21.2 Å². The lowest BCUT2D eigenvalue weighted by Crippen LogP contribution is -2.20. The third-order valence-corrected chi connectivity index (χ3v) is 7.45. The molecule has 4 aromatic rings. The highest BCUT2D eigenvalue weighted by Crippen LogP contribution is 2.30. The molecule has 33 heavy (non-hydrogen) atoms. The number of methoxy groups -OCH3 is 2. The Morgan fingerprint density at radius 1 is 0.970 bits per heavy atom. The normalized spacial score (nSPS) is 11.5. The number of esters is 1. The van der Waals surface area contributed by atoms with Crippen LogP contribution in [0, 0.1) is 13.8 Å². The smallest absolute Gasteiger partial charge is 0.339 e. The lowest BCUT2D eigenvalue weighted by atomic mass is 10.1. The zero-order chi connectivity index (χ0) is 23.8. The van der Waals surface area contributed by atoms with E-state index in [1.54, 1.807) is 19.2 Å². The fourth-order valence-corrected chi connectivity index (χ4v) is 5.49. The number of benzene rings is 3. The van der Waals surface area contributed by atoms with Crippen LogP contribution in [0.2, 0.25) is 0 Å². The van der Waals surface area contributed by atoms with Crippen LogP contribution in [0.15, 0.2) is 65.6 Å². The van der Waals surface area contributed by atoms with Gasteiger partial charge in [0.05, 0.1) is 30.8 Å². The van der Waals surface area contributed by atoms with E-state index in [2.05, 4.69) is 4.98 Å². The maximum absolute atomic E-state index is 14.0. The molecule has 7 nitrogen and oxygen atoms in total. The number of fused-ring (bicyclic) bond motifs is 1. The van der Waals surface area contributed by atoms with Crippen molar-refractivity contribution in [3.05, 3.63) is 88.7 Å². The lowest BCUT2D eigenvalue weighted by molar-refractivity contribution is 0.0596. The van der Waals surface area contributed by atoms with Crippen molar-refractivity contribution in [2.24, 2.45) is 0 Å². The predicted octanol–water partition coefficient (Wildman–Crippen LogP) is 4.28. The number of hydrogen-bond donors (Lipinski definition) is 0. The van der Waals surface area contributed by atoms with Crippen LogP contribution in [-0.4, -0.2) is 37.6 Å². The van der Waals surface area contributed by atoms with E-state index < -0.39 is 16.0 Å². The maximum Gasteiger partial charge on any atom is 0.339 e. The number of nitrogens with zero attached hydrogens (tertiary/aromatic N) is 2. The molecule has 0 saturated heterocycles. The van der Waals surface area contributed by atoms with Gasteiger partial charge in [-0.1, -0.05) is 30.3 Å². The standard InChI is InChI=1S/C25H24N2O5S/c1-16-13-20-21(14-17(16)2)27(24(26-20)15-18-9-5-7-11-22(18)31-3)33(29,30)23-12-8-6-10-19(23)25(28)32-4/h5-14H,15H2,1-4H3. The zero-order valence-electron chi connectivity index (χ0n) is 18.8. The highest BCUT2D eigenvalue weighted by molar-refractivity contribution is 7.90. The molecule has 1 heterocycles. The highest BCUT2D eigenvalue weighted by atomic mass is 32.2. The van der Waals surface area contributed by atoms with E-state index in [0.29, 0.717) is 22.6 Å². The van der Waals surface area contributed by atoms with Crippen molar-refractivity contribution in [3.8, 4) is 5.75 Å². The lowest BCUT2D eigenvalue weighted by Gasteiger charge is -2.14. The van der Waals surface area contributed by atoms with Crippen molar-refractivity contribution < 1.29 is 22.7 Å². The van der Waals surface area contributed by atoms with Crippen molar-refractivity contribution >= 4 is 27.0 Å². The van der Waals surface area contributed by atoms with Crippen LogP contribution >= 0.6 is 0 Å². The summed E-state index contributed by atoms with van der Waals surface area (Å²) in [5, 5.41) is 0. The molecule has 0 unspecified atom stereocenters. The number of hydrogen-bond acceptors (Lipinski definition) is 6. The van der Waals surface area contributed by atoms with Gasteiger partial charge in [-0.05, 0) is 55.3 Å². The fourth-order valence-electron chi connectivity index (χ4n) is 3.83. The Bertz CT molecular complexity index is 1470. The molecule has 0 aliphatic rings. The monoisotopic (exact) mass is 464 g/mol. The van der Waals surface area contributed by atoms with E-state index in [0.717, 1.165) is 16.7 Å². The first kappa shape index (κ1) is 22.5. The number of imidazole rings is 1. The molecule has 0 bridgehead atoms. The minimum Gasteiger partial charge on any atom is -0.496 e. The minimum absolute atomic E-state index is 0.0334. The van der Waals surface area contributed by atoms with E-state index in [1.165, 1.54) is 23.2 Å². The van der Waals surface area contributed by atoms with Crippen molar-refractivity contribution in [1.82, 2.24) is 8.96 Å². The number of carbonyl (C=O) groups excluding carboxylic acids is 1. The van der Waals surface area contributed by atoms with Crippen LogP contribution in [0.3, 0.4) is 0 Å². The number of para-hydroxylation sites is 1. The topological polar surface area (TPSA) is 87.5 Å². The largest absolute Gasteiger partial charge is 0.496 e. The molecule has 0 aliphatic carbocycles. The molecule has 0 amide bonds. The first-order chi connectivity index (χ1) is 15.8. The fraction of sp³-hybridized carbons (Fsp3) is 0.200. The molecule has 8 heteroatoms. The summed E-state index contributed by atoms with van der Waals surface area (Å²) in [5.74, 6) is 0.229. The summed E-state index contributed by atoms with van der Waals surface area (Å²) < 4.78 is 39.5. The van der Waals surface area contributed by atoms with Crippen LogP contribution < -0.4 is 4.74 Å². The number of ether oxygens (including phenoxy) is 2. The predicted molar refractivity (Wildman–Crippen MR) is 125 cm³/mol. The number of carbonyl (C=O) groups is 1. The van der Waals surface area contributed by atoms with Crippen molar-refractivity contribution in [2.45, 2.75) is 25.2 Å². The first-order valence-electron chi connectivity index (χ1n) is 10.3. The van der Waals surface area contributed by atoms with Gasteiger partial charge < -0.3 is 9.47 Å². The van der Waals surface area contributed by atoms with E-state index in [-0.39, 0.29) is 16.9 Å². The summed E-state index contributed by atoms with van der Waals surface area (Å²) in [7, 11) is -1.41.